The molecule has 3 aliphatic heterocycles. The zero-order valence-corrected chi connectivity index (χ0v) is 11.2. The van der Waals surface area contributed by atoms with E-state index < -0.39 is 0 Å². The van der Waals surface area contributed by atoms with E-state index in [1.54, 1.807) is 0 Å². The molecule has 0 saturated carbocycles. The van der Waals surface area contributed by atoms with Gasteiger partial charge in [0.1, 0.15) is 6.29 Å². The van der Waals surface area contributed by atoms with Crippen molar-refractivity contribution >= 4 is 17.9 Å². The first-order valence-corrected chi connectivity index (χ1v) is 7.07. The largest absolute Gasteiger partial charge is 0.303 e. The van der Waals surface area contributed by atoms with Crippen molar-refractivity contribution in [2.75, 3.05) is 13.1 Å². The number of rotatable bonds is 3. The van der Waals surface area contributed by atoms with E-state index in [0.29, 0.717) is 6.42 Å². The summed E-state index contributed by atoms with van der Waals surface area (Å²) in [5, 5.41) is 0.760. The summed E-state index contributed by atoms with van der Waals surface area (Å²) in [5.41, 5.74) is 1.19. The summed E-state index contributed by atoms with van der Waals surface area (Å²) in [7, 11) is 0. The van der Waals surface area contributed by atoms with Gasteiger partial charge in [-0.3, -0.25) is 4.90 Å². The molecule has 3 fully saturated rings. The zero-order chi connectivity index (χ0) is 12.6. The van der Waals surface area contributed by atoms with Gasteiger partial charge < -0.3 is 4.79 Å². The Bertz CT molecular complexity index is 436. The molecule has 0 N–H and O–H groups in total. The predicted molar refractivity (Wildman–Crippen MR) is 72.7 cm³/mol. The van der Waals surface area contributed by atoms with Gasteiger partial charge in [0.05, 0.1) is 5.54 Å². The third-order valence-corrected chi connectivity index (χ3v) is 4.90. The van der Waals surface area contributed by atoms with Crippen LogP contribution in [-0.2, 0) is 10.3 Å². The molecular formula is C15H18ClNO. The number of aldehydes is 1. The van der Waals surface area contributed by atoms with E-state index in [-0.39, 0.29) is 5.54 Å². The van der Waals surface area contributed by atoms with Crippen LogP contribution in [0, 0.1) is 5.92 Å². The van der Waals surface area contributed by atoms with Gasteiger partial charge in [-0.05, 0) is 56.0 Å². The average molecular weight is 264 g/mol. The maximum absolute atomic E-state index is 11.1. The van der Waals surface area contributed by atoms with Crippen molar-refractivity contribution in [2.24, 2.45) is 5.92 Å². The number of fused-ring (bicyclic) bond motifs is 3. The molecule has 3 heteroatoms. The number of halogens is 1. The summed E-state index contributed by atoms with van der Waals surface area (Å²) in [5.74, 6) is 0.783. The monoisotopic (exact) mass is 263 g/mol. The molecule has 1 aromatic rings. The van der Waals surface area contributed by atoms with Gasteiger partial charge in [0.25, 0.3) is 0 Å². The lowest BCUT2D eigenvalue weighted by atomic mass is 9.69. The van der Waals surface area contributed by atoms with Crippen LogP contribution in [0.1, 0.15) is 31.2 Å². The molecule has 1 unspecified atom stereocenters. The van der Waals surface area contributed by atoms with Gasteiger partial charge in [-0.1, -0.05) is 23.7 Å². The van der Waals surface area contributed by atoms with Crippen LogP contribution in [0.3, 0.4) is 0 Å². The van der Waals surface area contributed by atoms with Crippen LogP contribution in [0.2, 0.25) is 5.02 Å². The van der Waals surface area contributed by atoms with Crippen molar-refractivity contribution in [1.29, 1.82) is 0 Å². The number of carbonyl (C=O) groups excluding carboxylic acids is 1. The van der Waals surface area contributed by atoms with Gasteiger partial charge in [-0.25, -0.2) is 0 Å². The minimum absolute atomic E-state index is 0.0620. The highest BCUT2D eigenvalue weighted by Crippen LogP contribution is 2.47. The van der Waals surface area contributed by atoms with Crippen LogP contribution in [0.4, 0.5) is 0 Å². The smallest absolute Gasteiger partial charge is 0.122 e. The number of carbonyl (C=O) groups is 1. The first-order chi connectivity index (χ1) is 8.74. The van der Waals surface area contributed by atoms with Crippen molar-refractivity contribution in [3.05, 3.63) is 34.9 Å². The number of piperidine rings is 3. The average Bonchev–Trinajstić information content (AvgIpc) is 2.41. The topological polar surface area (TPSA) is 20.3 Å². The van der Waals surface area contributed by atoms with E-state index in [1.807, 2.05) is 12.1 Å². The molecule has 3 heterocycles. The highest BCUT2D eigenvalue weighted by atomic mass is 35.5. The first-order valence-electron chi connectivity index (χ1n) is 6.69. The summed E-state index contributed by atoms with van der Waals surface area (Å²) in [6, 6.07) is 8.05. The Labute approximate surface area is 113 Å². The molecule has 0 aliphatic carbocycles. The van der Waals surface area contributed by atoms with E-state index in [0.717, 1.165) is 36.7 Å². The lowest BCUT2D eigenvalue weighted by Crippen LogP contribution is -2.56. The Hall–Kier alpha value is -0.860. The molecule has 1 atom stereocenters. The van der Waals surface area contributed by atoms with Gasteiger partial charge >= 0.3 is 0 Å². The molecule has 1 aromatic carbocycles. The highest BCUT2D eigenvalue weighted by Gasteiger charge is 2.46. The highest BCUT2D eigenvalue weighted by molar-refractivity contribution is 6.30. The molecule has 3 aliphatic rings. The number of hydrogen-bond donors (Lipinski definition) is 0. The Morgan fingerprint density at radius 2 is 1.94 bits per heavy atom. The maximum Gasteiger partial charge on any atom is 0.122 e. The minimum atomic E-state index is -0.0620. The lowest BCUT2D eigenvalue weighted by Gasteiger charge is -2.54. The van der Waals surface area contributed by atoms with Crippen LogP contribution >= 0.6 is 11.6 Å². The molecular weight excluding hydrogens is 246 g/mol. The van der Waals surface area contributed by atoms with E-state index >= 15 is 0 Å². The van der Waals surface area contributed by atoms with Crippen molar-refractivity contribution < 1.29 is 4.79 Å². The fraction of sp³-hybridized carbons (Fsp3) is 0.533. The third kappa shape index (κ3) is 1.88. The summed E-state index contributed by atoms with van der Waals surface area (Å²) in [6.07, 6.45) is 5.37. The Balaban J connectivity index is 2.01. The summed E-state index contributed by atoms with van der Waals surface area (Å²) >= 11 is 5.97. The fourth-order valence-corrected chi connectivity index (χ4v) is 3.83. The van der Waals surface area contributed by atoms with Gasteiger partial charge in [0.2, 0.25) is 0 Å². The van der Waals surface area contributed by atoms with Gasteiger partial charge in [0, 0.05) is 11.4 Å². The summed E-state index contributed by atoms with van der Waals surface area (Å²) in [4.78, 5) is 13.6. The summed E-state index contributed by atoms with van der Waals surface area (Å²) in [6.45, 7) is 2.25. The maximum atomic E-state index is 11.1. The van der Waals surface area contributed by atoms with Crippen molar-refractivity contribution in [1.82, 2.24) is 4.90 Å². The van der Waals surface area contributed by atoms with E-state index in [4.69, 9.17) is 11.6 Å². The molecule has 18 heavy (non-hydrogen) atoms. The van der Waals surface area contributed by atoms with E-state index in [9.17, 15) is 4.79 Å². The van der Waals surface area contributed by atoms with Crippen molar-refractivity contribution in [2.45, 2.75) is 31.2 Å². The van der Waals surface area contributed by atoms with Crippen LogP contribution in [0.5, 0.6) is 0 Å². The number of benzene rings is 1. The number of hydrogen-bond acceptors (Lipinski definition) is 2. The molecule has 3 saturated heterocycles. The second-order valence-corrected chi connectivity index (χ2v) is 5.98. The second-order valence-electron chi connectivity index (χ2n) is 5.54. The Kier molecular flexibility index (Phi) is 3.16. The van der Waals surface area contributed by atoms with Crippen molar-refractivity contribution in [3.8, 4) is 0 Å². The van der Waals surface area contributed by atoms with Crippen LogP contribution < -0.4 is 0 Å². The predicted octanol–water partition coefficient (Wildman–Crippen LogP) is 3.24. The Morgan fingerprint density at radius 1 is 1.28 bits per heavy atom. The van der Waals surface area contributed by atoms with Crippen molar-refractivity contribution in [3.63, 3.8) is 0 Å². The summed E-state index contributed by atoms with van der Waals surface area (Å²) < 4.78 is 0. The normalized spacial score (nSPS) is 34.5. The third-order valence-electron chi connectivity index (χ3n) is 4.65. The quantitative estimate of drug-likeness (QED) is 0.781. The minimum Gasteiger partial charge on any atom is -0.303 e. The molecule has 4 rings (SSSR count). The standard InChI is InChI=1S/C15H18ClNO/c16-14-3-1-13(2-4-14)15(7-10-18)11-12-5-8-17(15)9-6-12/h1-4,10,12H,5-9,11H2. The van der Waals surface area contributed by atoms with E-state index in [2.05, 4.69) is 17.0 Å². The SMILES string of the molecule is O=CCC1(c2ccc(Cl)cc2)CC2CCN1CC2. The van der Waals surface area contributed by atoms with Crippen LogP contribution in [-0.4, -0.2) is 24.3 Å². The lowest BCUT2D eigenvalue weighted by molar-refractivity contribution is -0.114. The molecule has 0 aromatic heterocycles. The second kappa shape index (κ2) is 4.67. The fourth-order valence-electron chi connectivity index (χ4n) is 3.70. The number of nitrogens with zero attached hydrogens (tertiary/aromatic N) is 1. The zero-order valence-electron chi connectivity index (χ0n) is 10.4. The molecule has 96 valence electrons. The molecule has 0 radical (unpaired) electrons. The van der Waals surface area contributed by atoms with Gasteiger partial charge in [-0.15, -0.1) is 0 Å². The van der Waals surface area contributed by atoms with E-state index in [1.165, 1.54) is 18.4 Å². The van der Waals surface area contributed by atoms with Crippen LogP contribution in [0.15, 0.2) is 24.3 Å². The van der Waals surface area contributed by atoms with Crippen LogP contribution in [0.25, 0.3) is 0 Å². The molecule has 0 amide bonds. The Morgan fingerprint density at radius 3 is 2.44 bits per heavy atom. The molecule has 2 nitrogen and oxygen atoms in total. The molecule has 2 bridgehead atoms. The molecule has 0 spiro atoms. The first kappa shape index (κ1) is 12.2. The van der Waals surface area contributed by atoms with Gasteiger partial charge in [-0.2, -0.15) is 0 Å². The van der Waals surface area contributed by atoms with Gasteiger partial charge in [0.15, 0.2) is 0 Å².